The highest BCUT2D eigenvalue weighted by Crippen LogP contribution is 2.47. The first-order valence-electron chi connectivity index (χ1n) is 10.5. The van der Waals surface area contributed by atoms with Gasteiger partial charge in [0.05, 0.1) is 24.4 Å². The molecule has 2 aromatic carbocycles. The summed E-state index contributed by atoms with van der Waals surface area (Å²) < 4.78 is 11.7. The number of hydrogen-bond acceptors (Lipinski definition) is 7. The molecule has 0 unspecified atom stereocenters. The van der Waals surface area contributed by atoms with E-state index in [-0.39, 0.29) is 6.61 Å². The number of aryl methyl sites for hydroxylation is 1. The smallest absolute Gasteiger partial charge is 0.225 e. The van der Waals surface area contributed by atoms with Gasteiger partial charge >= 0.3 is 0 Å². The molecule has 1 fully saturated rings. The Balaban J connectivity index is 1.55. The molecule has 5 N–H and O–H groups in total. The van der Waals surface area contributed by atoms with Gasteiger partial charge in [-0.1, -0.05) is 31.2 Å². The maximum atomic E-state index is 10.8. The van der Waals surface area contributed by atoms with Gasteiger partial charge in [0.15, 0.2) is 0 Å². The molecule has 8 heteroatoms. The number of nitrogens with one attached hydrogen (secondary N) is 1. The summed E-state index contributed by atoms with van der Waals surface area (Å²) in [7, 11) is 0. The molecule has 31 heavy (non-hydrogen) atoms. The molecule has 3 heterocycles. The predicted octanol–water partition coefficient (Wildman–Crippen LogP) is 0.873. The molecule has 1 aromatic heterocycles. The van der Waals surface area contributed by atoms with Crippen LogP contribution in [-0.4, -0.2) is 61.6 Å². The molecular weight excluding hydrogens is 400 g/mol. The third kappa shape index (κ3) is 3.18. The van der Waals surface area contributed by atoms with Crippen molar-refractivity contribution in [3.8, 4) is 0 Å². The van der Waals surface area contributed by atoms with E-state index in [2.05, 4.69) is 41.4 Å². The fourth-order valence-electron chi connectivity index (χ4n) is 4.57. The minimum absolute atomic E-state index is 0.163. The number of benzene rings is 2. The van der Waals surface area contributed by atoms with Crippen LogP contribution in [0.25, 0.3) is 10.9 Å². The van der Waals surface area contributed by atoms with Crippen LogP contribution >= 0.6 is 0 Å². The molecule has 0 amide bonds. The van der Waals surface area contributed by atoms with Gasteiger partial charge in [-0.25, -0.2) is 0 Å². The van der Waals surface area contributed by atoms with Crippen molar-refractivity contribution in [2.45, 2.75) is 56.6 Å². The number of aromatic nitrogens is 2. The standard InChI is InChI=1S/C23H26N2O6/c1-2-12-3-5-13(6-4-12)7-17-15-9-16-14(8-18(15)25-24-17)11-30-23(16)22(29)21(28)20(27)19(10-26)31-23/h3-6,8-9,19-22,26-29H,2,7,10-11H2,1H3,(H,24,25)/t19-,20-,21+,22-,23+/m1/s1. The van der Waals surface area contributed by atoms with Crippen LogP contribution in [0.4, 0.5) is 0 Å². The highest BCUT2D eigenvalue weighted by molar-refractivity contribution is 5.84. The van der Waals surface area contributed by atoms with E-state index >= 15 is 0 Å². The van der Waals surface area contributed by atoms with Crippen molar-refractivity contribution in [1.29, 1.82) is 0 Å². The van der Waals surface area contributed by atoms with Gasteiger partial charge in [-0.2, -0.15) is 5.10 Å². The van der Waals surface area contributed by atoms with Gasteiger partial charge in [0.25, 0.3) is 0 Å². The molecule has 8 nitrogen and oxygen atoms in total. The second-order valence-electron chi connectivity index (χ2n) is 8.29. The summed E-state index contributed by atoms with van der Waals surface area (Å²) in [5.41, 5.74) is 5.44. The van der Waals surface area contributed by atoms with Crippen LogP contribution < -0.4 is 0 Å². The first-order chi connectivity index (χ1) is 15.0. The third-order valence-corrected chi connectivity index (χ3v) is 6.44. The monoisotopic (exact) mass is 426 g/mol. The summed E-state index contributed by atoms with van der Waals surface area (Å²) >= 11 is 0. The van der Waals surface area contributed by atoms with Crippen LogP contribution in [-0.2, 0) is 34.7 Å². The van der Waals surface area contributed by atoms with Crippen LogP contribution in [0.1, 0.15) is 34.9 Å². The van der Waals surface area contributed by atoms with Gasteiger partial charge in [0, 0.05) is 17.4 Å². The van der Waals surface area contributed by atoms with Crippen LogP contribution in [0.3, 0.4) is 0 Å². The molecule has 164 valence electrons. The van der Waals surface area contributed by atoms with Crippen molar-refractivity contribution >= 4 is 10.9 Å². The number of aliphatic hydroxyl groups is 4. The Morgan fingerprint density at radius 1 is 1.10 bits per heavy atom. The fourth-order valence-corrected chi connectivity index (χ4v) is 4.57. The molecule has 1 saturated heterocycles. The molecule has 0 aliphatic carbocycles. The predicted molar refractivity (Wildman–Crippen MR) is 111 cm³/mol. The summed E-state index contributed by atoms with van der Waals surface area (Å²) in [5.74, 6) is -1.66. The van der Waals surface area contributed by atoms with Crippen molar-refractivity contribution in [2.75, 3.05) is 6.61 Å². The number of ether oxygens (including phenoxy) is 2. The molecular formula is C23H26N2O6. The molecule has 2 aliphatic rings. The van der Waals surface area contributed by atoms with Gasteiger partial charge < -0.3 is 29.9 Å². The lowest BCUT2D eigenvalue weighted by molar-refractivity contribution is -0.368. The lowest BCUT2D eigenvalue weighted by atomic mass is 9.87. The molecule has 3 aromatic rings. The quantitative estimate of drug-likeness (QED) is 0.419. The number of aromatic amines is 1. The number of nitrogens with zero attached hydrogens (tertiary/aromatic N) is 1. The van der Waals surface area contributed by atoms with Crippen LogP contribution in [0.2, 0.25) is 0 Å². The molecule has 2 aliphatic heterocycles. The Kier molecular flexibility index (Phi) is 5.09. The molecule has 5 atom stereocenters. The number of fused-ring (bicyclic) bond motifs is 3. The molecule has 0 radical (unpaired) electrons. The van der Waals surface area contributed by atoms with Crippen molar-refractivity contribution in [1.82, 2.24) is 10.2 Å². The van der Waals surface area contributed by atoms with E-state index in [9.17, 15) is 20.4 Å². The van der Waals surface area contributed by atoms with E-state index in [0.29, 0.717) is 12.0 Å². The average Bonchev–Trinajstić information content (AvgIpc) is 3.35. The Bertz CT molecular complexity index is 1100. The van der Waals surface area contributed by atoms with Gasteiger partial charge in [0.2, 0.25) is 5.79 Å². The zero-order valence-electron chi connectivity index (χ0n) is 17.2. The maximum Gasteiger partial charge on any atom is 0.225 e. The molecule has 1 spiro atoms. The van der Waals surface area contributed by atoms with Gasteiger partial charge in [-0.3, -0.25) is 5.10 Å². The number of hydrogen-bond donors (Lipinski definition) is 5. The van der Waals surface area contributed by atoms with E-state index in [4.69, 9.17) is 9.47 Å². The van der Waals surface area contributed by atoms with E-state index in [1.54, 1.807) is 0 Å². The van der Waals surface area contributed by atoms with Crippen LogP contribution in [0, 0.1) is 0 Å². The van der Waals surface area contributed by atoms with E-state index in [0.717, 1.165) is 34.1 Å². The largest absolute Gasteiger partial charge is 0.394 e. The minimum atomic E-state index is -1.66. The summed E-state index contributed by atoms with van der Waals surface area (Å²) in [6.45, 7) is 1.77. The zero-order chi connectivity index (χ0) is 21.8. The SMILES string of the molecule is CCc1ccc(Cc2n[nH]c3cc4c(cc23)[C@]2(OC4)O[C@H](CO)[C@@H](O)[C@H](O)[C@H]2O)cc1. The Labute approximate surface area is 179 Å². The number of rotatable bonds is 4. The van der Waals surface area contributed by atoms with Crippen molar-refractivity contribution in [3.63, 3.8) is 0 Å². The average molecular weight is 426 g/mol. The normalized spacial score (nSPS) is 30.2. The van der Waals surface area contributed by atoms with Gasteiger partial charge in [-0.05, 0) is 35.2 Å². The second-order valence-corrected chi connectivity index (χ2v) is 8.29. The summed E-state index contributed by atoms with van der Waals surface area (Å²) in [5, 5.41) is 49.3. The molecule has 5 rings (SSSR count). The number of aliphatic hydroxyl groups excluding tert-OH is 4. The minimum Gasteiger partial charge on any atom is -0.394 e. The third-order valence-electron chi connectivity index (χ3n) is 6.44. The lowest BCUT2D eigenvalue weighted by Gasteiger charge is -2.46. The maximum absolute atomic E-state index is 10.8. The Morgan fingerprint density at radius 2 is 1.84 bits per heavy atom. The van der Waals surface area contributed by atoms with E-state index in [1.807, 2.05) is 12.1 Å². The van der Waals surface area contributed by atoms with Crippen molar-refractivity contribution in [3.05, 3.63) is 64.3 Å². The summed E-state index contributed by atoms with van der Waals surface area (Å²) in [6, 6.07) is 12.2. The second kappa shape index (κ2) is 7.67. The van der Waals surface area contributed by atoms with Crippen molar-refractivity contribution < 1.29 is 29.9 Å². The van der Waals surface area contributed by atoms with Crippen molar-refractivity contribution in [2.24, 2.45) is 0 Å². The van der Waals surface area contributed by atoms with Crippen LogP contribution in [0.5, 0.6) is 0 Å². The fraction of sp³-hybridized carbons (Fsp3) is 0.435. The Morgan fingerprint density at radius 3 is 2.55 bits per heavy atom. The summed E-state index contributed by atoms with van der Waals surface area (Å²) in [6.07, 6.45) is -3.93. The molecule has 0 saturated carbocycles. The van der Waals surface area contributed by atoms with Gasteiger partial charge in [-0.15, -0.1) is 0 Å². The zero-order valence-corrected chi connectivity index (χ0v) is 17.2. The van der Waals surface area contributed by atoms with E-state index < -0.39 is 36.8 Å². The van der Waals surface area contributed by atoms with Crippen LogP contribution in [0.15, 0.2) is 36.4 Å². The highest BCUT2D eigenvalue weighted by Gasteiger charge is 2.58. The highest BCUT2D eigenvalue weighted by atomic mass is 16.7. The first kappa shape index (κ1) is 20.6. The summed E-state index contributed by atoms with van der Waals surface area (Å²) in [4.78, 5) is 0. The molecule has 0 bridgehead atoms. The van der Waals surface area contributed by atoms with E-state index in [1.165, 1.54) is 5.56 Å². The topological polar surface area (TPSA) is 128 Å². The van der Waals surface area contributed by atoms with Gasteiger partial charge in [0.1, 0.15) is 24.4 Å². The lowest BCUT2D eigenvalue weighted by Crippen LogP contribution is -2.63. The Hall–Kier alpha value is -2.33. The number of H-pyrrole nitrogens is 1. The first-order valence-corrected chi connectivity index (χ1v) is 10.5.